The Hall–Kier alpha value is -3.04. The summed E-state index contributed by atoms with van der Waals surface area (Å²) in [6.45, 7) is 3.16. The molecule has 0 aliphatic rings. The number of H-pyrrole nitrogens is 1. The first-order valence-corrected chi connectivity index (χ1v) is 5.66. The van der Waals surface area contributed by atoms with E-state index in [0.717, 1.165) is 0 Å². The molecule has 0 spiro atoms. The van der Waals surface area contributed by atoms with Gasteiger partial charge in [0.05, 0.1) is 11.3 Å². The molecule has 3 aromatic rings. The summed E-state index contributed by atoms with van der Waals surface area (Å²) in [5, 5.41) is 15.2. The number of nitrogens with one attached hydrogen (secondary N) is 1. The lowest BCUT2D eigenvalue weighted by atomic mass is 10.3. The summed E-state index contributed by atoms with van der Waals surface area (Å²) in [6.07, 6.45) is 1.45. The van der Waals surface area contributed by atoms with Gasteiger partial charge in [-0.25, -0.2) is 9.67 Å². The minimum absolute atomic E-state index is 0.0230. The Balaban J connectivity index is 2.34. The van der Waals surface area contributed by atoms with Gasteiger partial charge in [-0.2, -0.15) is 15.1 Å². The summed E-state index contributed by atoms with van der Waals surface area (Å²) in [5.41, 5.74) is 7.14. The van der Waals surface area contributed by atoms with Crippen molar-refractivity contribution in [1.29, 1.82) is 0 Å². The second kappa shape index (κ2) is 3.98. The Morgan fingerprint density at radius 2 is 2.15 bits per heavy atom. The van der Waals surface area contributed by atoms with Crippen LogP contribution < -0.4 is 5.73 Å². The fourth-order valence-electron chi connectivity index (χ4n) is 2.09. The quantitative estimate of drug-likeness (QED) is 0.515. The van der Waals surface area contributed by atoms with Crippen LogP contribution in [0.3, 0.4) is 0 Å². The molecule has 0 saturated heterocycles. The molecule has 0 amide bonds. The minimum atomic E-state index is -0.469. The molecule has 0 atom stereocenters. The third kappa shape index (κ3) is 1.58. The number of imidazole rings is 1. The molecule has 0 aliphatic heterocycles. The molecular weight excluding hydrogens is 264 g/mol. The molecule has 0 bridgehead atoms. The van der Waals surface area contributed by atoms with Crippen LogP contribution in [0.5, 0.6) is 0 Å². The molecule has 0 fully saturated rings. The Bertz CT molecular complexity index is 833. The zero-order valence-corrected chi connectivity index (χ0v) is 10.7. The predicted molar refractivity (Wildman–Crippen MR) is 69.3 cm³/mol. The molecule has 0 aliphatic carbocycles. The third-order valence-electron chi connectivity index (χ3n) is 2.92. The summed E-state index contributed by atoms with van der Waals surface area (Å²) in [6, 6.07) is 0. The second-order valence-electron chi connectivity index (χ2n) is 4.19. The van der Waals surface area contributed by atoms with Gasteiger partial charge in [-0.15, -0.1) is 0 Å². The largest absolute Gasteiger partial charge is 0.368 e. The first-order chi connectivity index (χ1) is 9.49. The van der Waals surface area contributed by atoms with Crippen LogP contribution in [-0.4, -0.2) is 34.6 Å². The number of hydrogen-bond acceptors (Lipinski definition) is 7. The van der Waals surface area contributed by atoms with E-state index in [1.165, 1.54) is 11.0 Å². The molecule has 0 saturated carbocycles. The highest BCUT2D eigenvalue weighted by Gasteiger charge is 2.24. The number of fused-ring (bicyclic) bond motifs is 1. The molecule has 102 valence electrons. The van der Waals surface area contributed by atoms with Crippen molar-refractivity contribution in [1.82, 2.24) is 29.7 Å². The Labute approximate surface area is 111 Å². The summed E-state index contributed by atoms with van der Waals surface area (Å²) < 4.78 is 1.37. The monoisotopic (exact) mass is 274 g/mol. The number of aromatic nitrogens is 6. The van der Waals surface area contributed by atoms with Gasteiger partial charge in [0.25, 0.3) is 0 Å². The highest BCUT2D eigenvalue weighted by atomic mass is 16.6. The second-order valence-corrected chi connectivity index (χ2v) is 4.19. The molecule has 10 heteroatoms. The number of nitrogens with zero attached hydrogens (tertiary/aromatic N) is 6. The number of aromatic amines is 1. The standard InChI is InChI=1S/C10H10N8O2/c1-4-7(18(19)20)5(2)17(16-4)9-6-8(13-3-12-6)14-10(11)15-9/h3H,1-2H3,(H3,11,12,13,14,15). The molecule has 20 heavy (non-hydrogen) atoms. The SMILES string of the molecule is Cc1nn(-c2nc(N)nc3nc[nH]c23)c(C)c1[N+](=O)[O-]. The number of aryl methyl sites for hydroxylation is 1. The van der Waals surface area contributed by atoms with E-state index in [1.54, 1.807) is 13.8 Å². The molecule has 10 nitrogen and oxygen atoms in total. The molecule has 3 aromatic heterocycles. The normalized spacial score (nSPS) is 11.1. The fraction of sp³-hybridized carbons (Fsp3) is 0.200. The molecule has 0 unspecified atom stereocenters. The minimum Gasteiger partial charge on any atom is -0.368 e. The Kier molecular flexibility index (Phi) is 2.39. The van der Waals surface area contributed by atoms with Crippen molar-refractivity contribution in [3.63, 3.8) is 0 Å². The van der Waals surface area contributed by atoms with Crippen LogP contribution in [0.4, 0.5) is 11.6 Å². The van der Waals surface area contributed by atoms with Crippen LogP contribution in [0.2, 0.25) is 0 Å². The maximum atomic E-state index is 11.0. The van der Waals surface area contributed by atoms with E-state index in [4.69, 9.17) is 5.73 Å². The van der Waals surface area contributed by atoms with E-state index >= 15 is 0 Å². The molecule has 0 aromatic carbocycles. The molecule has 3 rings (SSSR count). The van der Waals surface area contributed by atoms with Crippen LogP contribution in [0, 0.1) is 24.0 Å². The zero-order valence-electron chi connectivity index (χ0n) is 10.7. The predicted octanol–water partition coefficient (Wildman–Crippen LogP) is 0.646. The maximum Gasteiger partial charge on any atom is 0.313 e. The average Bonchev–Trinajstić information content (AvgIpc) is 2.92. The van der Waals surface area contributed by atoms with Gasteiger partial charge >= 0.3 is 5.69 Å². The average molecular weight is 274 g/mol. The van der Waals surface area contributed by atoms with Gasteiger partial charge in [-0.05, 0) is 13.8 Å². The van der Waals surface area contributed by atoms with Crippen molar-refractivity contribution in [2.75, 3.05) is 5.73 Å². The van der Waals surface area contributed by atoms with Gasteiger partial charge in [0, 0.05) is 0 Å². The van der Waals surface area contributed by atoms with Crippen molar-refractivity contribution in [3.05, 3.63) is 27.8 Å². The molecule has 3 N–H and O–H groups in total. The van der Waals surface area contributed by atoms with Crippen LogP contribution in [0.1, 0.15) is 11.4 Å². The van der Waals surface area contributed by atoms with Crippen LogP contribution in [-0.2, 0) is 0 Å². The number of nitro groups is 1. The summed E-state index contributed by atoms with van der Waals surface area (Å²) in [5.74, 6) is 0.355. The van der Waals surface area contributed by atoms with Crippen molar-refractivity contribution in [2.45, 2.75) is 13.8 Å². The summed E-state index contributed by atoms with van der Waals surface area (Å²) in [4.78, 5) is 25.5. The lowest BCUT2D eigenvalue weighted by Crippen LogP contribution is -2.07. The van der Waals surface area contributed by atoms with E-state index in [9.17, 15) is 10.1 Å². The van der Waals surface area contributed by atoms with Crippen LogP contribution >= 0.6 is 0 Å². The van der Waals surface area contributed by atoms with Crippen molar-refractivity contribution >= 4 is 22.8 Å². The number of hydrogen-bond donors (Lipinski definition) is 2. The zero-order chi connectivity index (χ0) is 14.4. The van der Waals surface area contributed by atoms with Gasteiger partial charge < -0.3 is 10.7 Å². The number of anilines is 1. The first kappa shape index (κ1) is 12.0. The van der Waals surface area contributed by atoms with Gasteiger partial charge in [0.15, 0.2) is 11.5 Å². The van der Waals surface area contributed by atoms with E-state index in [-0.39, 0.29) is 11.6 Å². The van der Waals surface area contributed by atoms with Gasteiger partial charge in [-0.3, -0.25) is 10.1 Å². The first-order valence-electron chi connectivity index (χ1n) is 5.66. The lowest BCUT2D eigenvalue weighted by molar-refractivity contribution is -0.386. The highest BCUT2D eigenvalue weighted by molar-refractivity contribution is 5.79. The van der Waals surface area contributed by atoms with Gasteiger partial charge in [-0.1, -0.05) is 0 Å². The van der Waals surface area contributed by atoms with Crippen molar-refractivity contribution in [3.8, 4) is 5.82 Å². The topological polar surface area (TPSA) is 141 Å². The van der Waals surface area contributed by atoms with Gasteiger partial charge in [0.2, 0.25) is 5.95 Å². The fourth-order valence-corrected chi connectivity index (χ4v) is 2.09. The lowest BCUT2D eigenvalue weighted by Gasteiger charge is -2.04. The van der Waals surface area contributed by atoms with Crippen LogP contribution in [0.25, 0.3) is 17.0 Å². The number of rotatable bonds is 2. The third-order valence-corrected chi connectivity index (χ3v) is 2.92. The van der Waals surface area contributed by atoms with E-state index in [2.05, 4.69) is 25.0 Å². The van der Waals surface area contributed by atoms with Crippen molar-refractivity contribution < 1.29 is 4.92 Å². The smallest absolute Gasteiger partial charge is 0.313 e. The molecule has 0 radical (unpaired) electrons. The summed E-state index contributed by atoms with van der Waals surface area (Å²) >= 11 is 0. The van der Waals surface area contributed by atoms with E-state index in [0.29, 0.717) is 28.4 Å². The van der Waals surface area contributed by atoms with Crippen LogP contribution in [0.15, 0.2) is 6.33 Å². The Morgan fingerprint density at radius 1 is 1.40 bits per heavy atom. The highest BCUT2D eigenvalue weighted by Crippen LogP contribution is 2.26. The summed E-state index contributed by atoms with van der Waals surface area (Å²) in [7, 11) is 0. The van der Waals surface area contributed by atoms with E-state index in [1.807, 2.05) is 0 Å². The number of nitrogens with two attached hydrogens (primary N) is 1. The Morgan fingerprint density at radius 3 is 2.80 bits per heavy atom. The van der Waals surface area contributed by atoms with E-state index < -0.39 is 4.92 Å². The molecular formula is C10H10N8O2. The van der Waals surface area contributed by atoms with Gasteiger partial charge in [0.1, 0.15) is 16.9 Å². The van der Waals surface area contributed by atoms with Crippen molar-refractivity contribution in [2.24, 2.45) is 0 Å². The maximum absolute atomic E-state index is 11.0. The number of nitrogen functional groups attached to an aromatic ring is 1. The molecule has 3 heterocycles.